The number of fused-ring (bicyclic) bond motifs is 1. The molecule has 0 saturated heterocycles. The second-order valence-corrected chi connectivity index (χ2v) is 4.33. The molecular formula is C15H12N2O3. The second-order valence-electron chi connectivity index (χ2n) is 4.33. The summed E-state index contributed by atoms with van der Waals surface area (Å²) in [5.41, 5.74) is 0.767. The molecule has 3 aromatic rings. The molecule has 0 aliphatic rings. The summed E-state index contributed by atoms with van der Waals surface area (Å²) < 4.78 is 6.32. The van der Waals surface area contributed by atoms with Crippen molar-refractivity contribution < 1.29 is 9.53 Å². The third-order valence-electron chi connectivity index (χ3n) is 3.14. The van der Waals surface area contributed by atoms with E-state index in [1.54, 1.807) is 55.6 Å². The lowest BCUT2D eigenvalue weighted by Gasteiger charge is -2.04. The van der Waals surface area contributed by atoms with Crippen LogP contribution in [-0.2, 0) is 0 Å². The Labute approximate surface area is 114 Å². The molecule has 0 saturated carbocycles. The summed E-state index contributed by atoms with van der Waals surface area (Å²) in [5.74, 6) is 0.387. The molecule has 3 rings (SSSR count). The van der Waals surface area contributed by atoms with E-state index in [4.69, 9.17) is 4.74 Å². The molecular weight excluding hydrogens is 256 g/mol. The van der Waals surface area contributed by atoms with Crippen LogP contribution in [0.5, 0.6) is 5.75 Å². The number of benzene rings is 2. The van der Waals surface area contributed by atoms with Gasteiger partial charge in [-0.3, -0.25) is 14.7 Å². The lowest BCUT2D eigenvalue weighted by atomic mass is 10.2. The highest BCUT2D eigenvalue weighted by molar-refractivity contribution is 6.00. The summed E-state index contributed by atoms with van der Waals surface area (Å²) >= 11 is 0. The van der Waals surface area contributed by atoms with Crippen LogP contribution in [-0.4, -0.2) is 22.8 Å². The van der Waals surface area contributed by atoms with Crippen molar-refractivity contribution >= 4 is 16.8 Å². The quantitative estimate of drug-likeness (QED) is 0.773. The van der Waals surface area contributed by atoms with E-state index in [0.29, 0.717) is 22.2 Å². The number of ether oxygens (including phenoxy) is 1. The van der Waals surface area contributed by atoms with Crippen LogP contribution in [0, 0.1) is 0 Å². The fourth-order valence-corrected chi connectivity index (χ4v) is 2.11. The predicted octanol–water partition coefficient (Wildman–Crippen LogP) is 2.03. The number of hydrogen-bond acceptors (Lipinski definition) is 3. The van der Waals surface area contributed by atoms with E-state index in [-0.39, 0.29) is 11.5 Å². The molecule has 0 amide bonds. The van der Waals surface area contributed by atoms with Crippen molar-refractivity contribution in [1.82, 2.24) is 9.78 Å². The van der Waals surface area contributed by atoms with Crippen LogP contribution in [0.1, 0.15) is 10.4 Å². The highest BCUT2D eigenvalue weighted by Crippen LogP contribution is 2.14. The number of H-pyrrole nitrogens is 1. The van der Waals surface area contributed by atoms with Gasteiger partial charge < -0.3 is 4.74 Å². The second kappa shape index (κ2) is 4.70. The molecule has 0 bridgehead atoms. The fraction of sp³-hybridized carbons (Fsp3) is 0.0667. The van der Waals surface area contributed by atoms with Gasteiger partial charge in [0.05, 0.1) is 18.0 Å². The van der Waals surface area contributed by atoms with Gasteiger partial charge in [0.1, 0.15) is 5.75 Å². The lowest BCUT2D eigenvalue weighted by Crippen LogP contribution is -2.15. The largest absolute Gasteiger partial charge is 0.497 e. The SMILES string of the molecule is COc1ccc(C(=O)n2[nH]c(=O)c3ccccc32)cc1. The molecule has 0 fully saturated rings. The molecule has 2 aromatic carbocycles. The molecule has 0 unspecified atom stereocenters. The van der Waals surface area contributed by atoms with Crippen molar-refractivity contribution in [3.05, 3.63) is 64.4 Å². The number of methoxy groups -OCH3 is 1. The van der Waals surface area contributed by atoms with Gasteiger partial charge in [-0.1, -0.05) is 12.1 Å². The molecule has 1 aromatic heterocycles. The third-order valence-corrected chi connectivity index (χ3v) is 3.14. The topological polar surface area (TPSA) is 64.1 Å². The molecule has 0 aliphatic heterocycles. The number of aromatic amines is 1. The Hall–Kier alpha value is -2.82. The first-order valence-electron chi connectivity index (χ1n) is 6.09. The maximum absolute atomic E-state index is 12.4. The molecule has 0 radical (unpaired) electrons. The summed E-state index contributed by atoms with van der Waals surface area (Å²) in [6.07, 6.45) is 0. The first-order chi connectivity index (χ1) is 9.70. The van der Waals surface area contributed by atoms with Gasteiger partial charge in [0.15, 0.2) is 0 Å². The van der Waals surface area contributed by atoms with Gasteiger partial charge in [0.25, 0.3) is 11.5 Å². The van der Waals surface area contributed by atoms with E-state index < -0.39 is 0 Å². The summed E-state index contributed by atoms with van der Waals surface area (Å²) in [6.45, 7) is 0. The van der Waals surface area contributed by atoms with Crippen molar-refractivity contribution in [3.63, 3.8) is 0 Å². The monoisotopic (exact) mass is 268 g/mol. The molecule has 0 spiro atoms. The van der Waals surface area contributed by atoms with E-state index in [2.05, 4.69) is 5.10 Å². The van der Waals surface area contributed by atoms with Crippen LogP contribution in [0.15, 0.2) is 53.3 Å². The molecule has 5 nitrogen and oxygen atoms in total. The number of aromatic nitrogens is 2. The summed E-state index contributed by atoms with van der Waals surface area (Å²) in [6, 6.07) is 13.7. The maximum Gasteiger partial charge on any atom is 0.277 e. The lowest BCUT2D eigenvalue weighted by molar-refractivity contribution is 0.0950. The Kier molecular flexibility index (Phi) is 2.87. The van der Waals surface area contributed by atoms with E-state index in [9.17, 15) is 9.59 Å². The minimum Gasteiger partial charge on any atom is -0.497 e. The zero-order valence-corrected chi connectivity index (χ0v) is 10.8. The van der Waals surface area contributed by atoms with Gasteiger partial charge >= 0.3 is 0 Å². The number of nitrogens with one attached hydrogen (secondary N) is 1. The van der Waals surface area contributed by atoms with Gasteiger partial charge in [-0.15, -0.1) is 0 Å². The third kappa shape index (κ3) is 1.89. The van der Waals surface area contributed by atoms with Crippen LogP contribution < -0.4 is 10.3 Å². The van der Waals surface area contributed by atoms with E-state index in [1.165, 1.54) is 4.68 Å². The number of carbonyl (C=O) groups is 1. The zero-order chi connectivity index (χ0) is 14.1. The van der Waals surface area contributed by atoms with Gasteiger partial charge in [0.2, 0.25) is 0 Å². The first kappa shape index (κ1) is 12.2. The van der Waals surface area contributed by atoms with E-state index >= 15 is 0 Å². The summed E-state index contributed by atoms with van der Waals surface area (Å²) in [7, 11) is 1.56. The highest BCUT2D eigenvalue weighted by Gasteiger charge is 2.14. The van der Waals surface area contributed by atoms with Gasteiger partial charge in [0, 0.05) is 5.56 Å². The van der Waals surface area contributed by atoms with Gasteiger partial charge in [-0.05, 0) is 36.4 Å². The number of rotatable bonds is 2. The number of hydrogen-bond donors (Lipinski definition) is 1. The van der Waals surface area contributed by atoms with Gasteiger partial charge in [-0.2, -0.15) is 0 Å². The Morgan fingerprint density at radius 1 is 1.10 bits per heavy atom. The fourth-order valence-electron chi connectivity index (χ4n) is 2.11. The minimum absolute atomic E-state index is 0.275. The number of para-hydroxylation sites is 1. The Bertz CT molecular complexity index is 828. The average molecular weight is 268 g/mol. The van der Waals surface area contributed by atoms with Crippen molar-refractivity contribution in [1.29, 1.82) is 0 Å². The van der Waals surface area contributed by atoms with E-state index in [1.807, 2.05) is 0 Å². The Morgan fingerprint density at radius 2 is 1.80 bits per heavy atom. The van der Waals surface area contributed by atoms with Crippen molar-refractivity contribution in [3.8, 4) is 5.75 Å². The van der Waals surface area contributed by atoms with Crippen LogP contribution in [0.25, 0.3) is 10.9 Å². The molecule has 0 atom stereocenters. The van der Waals surface area contributed by atoms with Crippen molar-refractivity contribution in [2.45, 2.75) is 0 Å². The van der Waals surface area contributed by atoms with Crippen LogP contribution in [0.4, 0.5) is 0 Å². The number of nitrogens with zero attached hydrogens (tertiary/aromatic N) is 1. The molecule has 1 heterocycles. The molecule has 100 valence electrons. The Morgan fingerprint density at radius 3 is 2.50 bits per heavy atom. The average Bonchev–Trinajstić information content (AvgIpc) is 2.84. The Balaban J connectivity index is 2.10. The molecule has 5 heteroatoms. The standard InChI is InChI=1S/C15H12N2O3/c1-20-11-8-6-10(7-9-11)15(19)17-13-5-3-2-4-12(13)14(18)16-17/h2-9H,1H3,(H,16,18). The van der Waals surface area contributed by atoms with Crippen LogP contribution >= 0.6 is 0 Å². The predicted molar refractivity (Wildman–Crippen MR) is 75.3 cm³/mol. The minimum atomic E-state index is -0.286. The smallest absolute Gasteiger partial charge is 0.277 e. The van der Waals surface area contributed by atoms with Crippen LogP contribution in [0.2, 0.25) is 0 Å². The molecule has 20 heavy (non-hydrogen) atoms. The molecule has 1 N–H and O–H groups in total. The summed E-state index contributed by atoms with van der Waals surface area (Å²) in [4.78, 5) is 24.2. The zero-order valence-electron chi connectivity index (χ0n) is 10.8. The normalized spacial score (nSPS) is 10.7. The number of carbonyl (C=O) groups excluding carboxylic acids is 1. The van der Waals surface area contributed by atoms with Crippen molar-refractivity contribution in [2.75, 3.05) is 7.11 Å². The van der Waals surface area contributed by atoms with E-state index in [0.717, 1.165) is 0 Å². The first-order valence-corrected chi connectivity index (χ1v) is 6.09. The van der Waals surface area contributed by atoms with Gasteiger partial charge in [-0.25, -0.2) is 4.68 Å². The highest BCUT2D eigenvalue weighted by atomic mass is 16.5. The molecule has 0 aliphatic carbocycles. The van der Waals surface area contributed by atoms with Crippen LogP contribution in [0.3, 0.4) is 0 Å². The summed E-state index contributed by atoms with van der Waals surface area (Å²) in [5, 5.41) is 3.05. The van der Waals surface area contributed by atoms with Crippen molar-refractivity contribution in [2.24, 2.45) is 0 Å². The maximum atomic E-state index is 12.4.